The monoisotopic (exact) mass is 362 g/mol. The second kappa shape index (κ2) is 8.27. The summed E-state index contributed by atoms with van der Waals surface area (Å²) in [4.78, 5) is 23.7. The van der Waals surface area contributed by atoms with E-state index in [-0.39, 0.29) is 11.9 Å². The van der Waals surface area contributed by atoms with Crippen LogP contribution in [0.1, 0.15) is 30.6 Å². The number of para-hydroxylation sites is 1. The normalized spacial score (nSPS) is 12.3. The number of amides is 1. The largest absolute Gasteiger partial charge is 0.342 e. The van der Waals surface area contributed by atoms with Crippen LogP contribution < -0.4 is 5.73 Å². The van der Waals surface area contributed by atoms with Crippen molar-refractivity contribution in [3.05, 3.63) is 60.4 Å². The lowest BCUT2D eigenvalue weighted by Crippen LogP contribution is -2.34. The smallest absolute Gasteiger partial charge is 0.254 e. The molecule has 27 heavy (non-hydrogen) atoms. The van der Waals surface area contributed by atoms with Crippen molar-refractivity contribution in [2.75, 3.05) is 13.6 Å². The van der Waals surface area contributed by atoms with Crippen LogP contribution >= 0.6 is 0 Å². The van der Waals surface area contributed by atoms with Gasteiger partial charge in [0.2, 0.25) is 0 Å². The molecule has 5 heteroatoms. The van der Waals surface area contributed by atoms with E-state index in [1.165, 1.54) is 0 Å². The maximum absolute atomic E-state index is 13.2. The van der Waals surface area contributed by atoms with Gasteiger partial charge in [0.1, 0.15) is 0 Å². The Hall–Kier alpha value is -2.79. The predicted octanol–water partition coefficient (Wildman–Crippen LogP) is 3.74. The maximum Gasteiger partial charge on any atom is 0.254 e. The maximum atomic E-state index is 13.2. The van der Waals surface area contributed by atoms with Gasteiger partial charge in [0.25, 0.3) is 5.91 Å². The number of carbonyl (C=O) groups is 1. The van der Waals surface area contributed by atoms with Gasteiger partial charge in [-0.15, -0.1) is 0 Å². The van der Waals surface area contributed by atoms with Gasteiger partial charge < -0.3 is 10.6 Å². The van der Waals surface area contributed by atoms with E-state index in [0.29, 0.717) is 18.0 Å². The van der Waals surface area contributed by atoms with Gasteiger partial charge in [-0.1, -0.05) is 32.0 Å². The van der Waals surface area contributed by atoms with Gasteiger partial charge in [0.05, 0.1) is 16.8 Å². The average molecular weight is 362 g/mol. The third-order valence-corrected chi connectivity index (χ3v) is 4.92. The highest BCUT2D eigenvalue weighted by Gasteiger charge is 2.18. The Kier molecular flexibility index (Phi) is 5.81. The SMILES string of the molecule is CC(C)C(N)CCN(C)C(=O)c1cc(-c2ccncc2)nc2ccccc12. The van der Waals surface area contributed by atoms with E-state index in [4.69, 9.17) is 10.7 Å². The van der Waals surface area contributed by atoms with Crippen LogP contribution in [0.3, 0.4) is 0 Å². The zero-order valence-corrected chi connectivity index (χ0v) is 16.1. The second-order valence-electron chi connectivity index (χ2n) is 7.23. The summed E-state index contributed by atoms with van der Waals surface area (Å²) < 4.78 is 0. The van der Waals surface area contributed by atoms with Gasteiger partial charge in [-0.3, -0.25) is 9.78 Å². The molecule has 1 aromatic carbocycles. The molecule has 1 amide bonds. The number of aromatic nitrogens is 2. The van der Waals surface area contributed by atoms with Crippen LogP contribution in [0.5, 0.6) is 0 Å². The van der Waals surface area contributed by atoms with Gasteiger partial charge >= 0.3 is 0 Å². The summed E-state index contributed by atoms with van der Waals surface area (Å²) in [6, 6.07) is 13.5. The Bertz CT molecular complexity index is 924. The molecular formula is C22H26N4O. The third-order valence-electron chi connectivity index (χ3n) is 4.92. The van der Waals surface area contributed by atoms with Crippen molar-refractivity contribution in [1.82, 2.24) is 14.9 Å². The van der Waals surface area contributed by atoms with Crippen LogP contribution in [0.25, 0.3) is 22.2 Å². The molecule has 0 aliphatic rings. The summed E-state index contributed by atoms with van der Waals surface area (Å²) in [5.41, 5.74) is 9.32. The molecule has 0 aliphatic heterocycles. The van der Waals surface area contributed by atoms with E-state index in [1.54, 1.807) is 17.3 Å². The minimum atomic E-state index is -0.0140. The summed E-state index contributed by atoms with van der Waals surface area (Å²) in [6.45, 7) is 4.83. The number of hydrogen-bond donors (Lipinski definition) is 1. The highest BCUT2D eigenvalue weighted by molar-refractivity contribution is 6.07. The number of nitrogens with zero attached hydrogens (tertiary/aromatic N) is 3. The molecule has 0 saturated carbocycles. The van der Waals surface area contributed by atoms with Gasteiger partial charge in [0.15, 0.2) is 0 Å². The van der Waals surface area contributed by atoms with Crippen molar-refractivity contribution in [3.8, 4) is 11.3 Å². The van der Waals surface area contributed by atoms with Gasteiger partial charge in [-0.25, -0.2) is 4.98 Å². The fraction of sp³-hybridized carbons (Fsp3) is 0.318. The Labute approximate surface area is 160 Å². The Balaban J connectivity index is 1.96. The Morgan fingerprint density at radius 1 is 1.15 bits per heavy atom. The number of hydrogen-bond acceptors (Lipinski definition) is 4. The number of benzene rings is 1. The molecule has 3 rings (SSSR count). The number of carbonyl (C=O) groups excluding carboxylic acids is 1. The topological polar surface area (TPSA) is 72.1 Å². The molecular weight excluding hydrogens is 336 g/mol. The molecule has 0 saturated heterocycles. The van der Waals surface area contributed by atoms with Crippen molar-refractivity contribution in [3.63, 3.8) is 0 Å². The molecule has 5 nitrogen and oxygen atoms in total. The standard InChI is InChI=1S/C22H26N4O/c1-15(2)19(23)10-13-26(3)22(27)18-14-21(16-8-11-24-12-9-16)25-20-7-5-4-6-17(18)20/h4-9,11-12,14-15,19H,10,13,23H2,1-3H3. The quantitative estimate of drug-likeness (QED) is 0.725. The van der Waals surface area contributed by atoms with Crippen molar-refractivity contribution in [2.45, 2.75) is 26.3 Å². The molecule has 2 N–H and O–H groups in total. The first-order valence-corrected chi connectivity index (χ1v) is 9.28. The second-order valence-corrected chi connectivity index (χ2v) is 7.23. The minimum absolute atomic E-state index is 0.0140. The zero-order chi connectivity index (χ0) is 19.4. The fourth-order valence-corrected chi connectivity index (χ4v) is 3.01. The summed E-state index contributed by atoms with van der Waals surface area (Å²) in [6.07, 6.45) is 4.24. The minimum Gasteiger partial charge on any atom is -0.342 e. The highest BCUT2D eigenvalue weighted by Crippen LogP contribution is 2.25. The predicted molar refractivity (Wildman–Crippen MR) is 109 cm³/mol. The zero-order valence-electron chi connectivity index (χ0n) is 16.1. The van der Waals surface area contributed by atoms with Gasteiger partial charge in [0, 0.05) is 43.0 Å². The molecule has 0 aliphatic carbocycles. The van der Waals surface area contributed by atoms with Crippen LogP contribution in [-0.4, -0.2) is 40.4 Å². The van der Waals surface area contributed by atoms with Crippen molar-refractivity contribution in [2.24, 2.45) is 11.7 Å². The summed E-state index contributed by atoms with van der Waals surface area (Å²) in [5, 5.41) is 0.861. The molecule has 0 spiro atoms. The van der Waals surface area contributed by atoms with E-state index in [9.17, 15) is 4.79 Å². The molecule has 0 fully saturated rings. The molecule has 140 valence electrons. The molecule has 3 aromatic rings. The molecule has 2 heterocycles. The first kappa shape index (κ1) is 19.0. The molecule has 2 aromatic heterocycles. The number of rotatable bonds is 6. The van der Waals surface area contributed by atoms with Crippen LogP contribution in [0.4, 0.5) is 0 Å². The average Bonchev–Trinajstić information content (AvgIpc) is 2.70. The molecule has 1 unspecified atom stereocenters. The Morgan fingerprint density at radius 2 is 1.85 bits per heavy atom. The molecule has 0 bridgehead atoms. The lowest BCUT2D eigenvalue weighted by atomic mass is 10.0. The van der Waals surface area contributed by atoms with Crippen molar-refractivity contribution in [1.29, 1.82) is 0 Å². The lowest BCUT2D eigenvalue weighted by Gasteiger charge is -2.22. The van der Waals surface area contributed by atoms with E-state index in [2.05, 4.69) is 18.8 Å². The van der Waals surface area contributed by atoms with Crippen molar-refractivity contribution < 1.29 is 4.79 Å². The summed E-state index contributed by atoms with van der Waals surface area (Å²) >= 11 is 0. The van der Waals surface area contributed by atoms with Crippen LogP contribution in [0.2, 0.25) is 0 Å². The van der Waals surface area contributed by atoms with Gasteiger partial charge in [-0.05, 0) is 36.6 Å². The van der Waals surface area contributed by atoms with Crippen LogP contribution in [0, 0.1) is 5.92 Å². The number of nitrogens with two attached hydrogens (primary N) is 1. The highest BCUT2D eigenvalue weighted by atomic mass is 16.2. The van der Waals surface area contributed by atoms with Crippen LogP contribution in [0.15, 0.2) is 54.9 Å². The first-order chi connectivity index (χ1) is 13.0. The molecule has 0 radical (unpaired) electrons. The third kappa shape index (κ3) is 4.31. The van der Waals surface area contributed by atoms with Crippen molar-refractivity contribution >= 4 is 16.8 Å². The summed E-state index contributed by atoms with van der Waals surface area (Å²) in [5.74, 6) is 0.383. The first-order valence-electron chi connectivity index (χ1n) is 9.28. The Morgan fingerprint density at radius 3 is 2.56 bits per heavy atom. The fourth-order valence-electron chi connectivity index (χ4n) is 3.01. The van der Waals surface area contributed by atoms with Crippen LogP contribution in [-0.2, 0) is 0 Å². The lowest BCUT2D eigenvalue weighted by molar-refractivity contribution is 0.0791. The van der Waals surface area contributed by atoms with E-state index in [1.807, 2.05) is 49.5 Å². The van der Waals surface area contributed by atoms with Gasteiger partial charge in [-0.2, -0.15) is 0 Å². The van der Waals surface area contributed by atoms with E-state index < -0.39 is 0 Å². The summed E-state index contributed by atoms with van der Waals surface area (Å²) in [7, 11) is 1.83. The molecule has 1 atom stereocenters. The van der Waals surface area contributed by atoms with E-state index in [0.717, 1.165) is 28.6 Å². The van der Waals surface area contributed by atoms with E-state index >= 15 is 0 Å². The number of pyridine rings is 2. The number of fused-ring (bicyclic) bond motifs is 1.